The predicted molar refractivity (Wildman–Crippen MR) is 131 cm³/mol. The lowest BCUT2D eigenvalue weighted by Crippen LogP contribution is -2.07. The second-order valence-corrected chi connectivity index (χ2v) is 10.4. The minimum atomic E-state index is -4.22. The van der Waals surface area contributed by atoms with Crippen LogP contribution in [0.4, 0.5) is 0 Å². The van der Waals surface area contributed by atoms with Crippen molar-refractivity contribution in [2.75, 3.05) is 6.54 Å². The standard InChI is InChI=1S/C21H17Cl2NO4S3/c1-12(17-11-30-21(20(17)25)14-4-7-18(22)19(23)9-14)24-10-15(29)8-13-2-5-16(6-3-13)31(26,27)28/h2-7,9,11,25H,8,10H2,1H3,(H,26,27,28). The van der Waals surface area contributed by atoms with Crippen molar-refractivity contribution in [3.05, 3.63) is 69.0 Å². The number of nitrogens with zero attached hydrogens (tertiary/aromatic N) is 1. The lowest BCUT2D eigenvalue weighted by Gasteiger charge is -2.05. The topological polar surface area (TPSA) is 87.0 Å². The Morgan fingerprint density at radius 1 is 1.13 bits per heavy atom. The fourth-order valence-electron chi connectivity index (χ4n) is 2.81. The highest BCUT2D eigenvalue weighted by Gasteiger charge is 2.15. The maximum absolute atomic E-state index is 11.1. The van der Waals surface area contributed by atoms with E-state index in [0.29, 0.717) is 37.5 Å². The van der Waals surface area contributed by atoms with Gasteiger partial charge in [-0.25, -0.2) is 0 Å². The molecule has 10 heteroatoms. The van der Waals surface area contributed by atoms with E-state index in [1.165, 1.54) is 23.5 Å². The quantitative estimate of drug-likeness (QED) is 0.226. The Bertz CT molecular complexity index is 1270. The minimum Gasteiger partial charge on any atom is -0.506 e. The molecule has 0 radical (unpaired) electrons. The van der Waals surface area contributed by atoms with E-state index in [1.807, 2.05) is 5.38 Å². The number of rotatable bonds is 7. The molecule has 0 aliphatic carbocycles. The zero-order valence-electron chi connectivity index (χ0n) is 16.2. The van der Waals surface area contributed by atoms with Gasteiger partial charge in [-0.2, -0.15) is 8.42 Å². The van der Waals surface area contributed by atoms with Crippen LogP contribution in [0.3, 0.4) is 0 Å². The zero-order chi connectivity index (χ0) is 22.8. The van der Waals surface area contributed by atoms with Crippen LogP contribution in [0, 0.1) is 0 Å². The molecule has 3 rings (SSSR count). The average molecular weight is 514 g/mol. The van der Waals surface area contributed by atoms with Crippen LogP contribution in [0.2, 0.25) is 10.0 Å². The van der Waals surface area contributed by atoms with Gasteiger partial charge in [0.1, 0.15) is 5.75 Å². The first-order chi connectivity index (χ1) is 14.6. The fourth-order valence-corrected chi connectivity index (χ4v) is 4.82. The Morgan fingerprint density at radius 3 is 2.42 bits per heavy atom. The molecule has 0 saturated heterocycles. The van der Waals surface area contributed by atoms with Crippen molar-refractivity contribution < 1.29 is 18.1 Å². The van der Waals surface area contributed by atoms with E-state index in [0.717, 1.165) is 11.1 Å². The molecule has 0 spiro atoms. The van der Waals surface area contributed by atoms with Crippen molar-refractivity contribution in [3.8, 4) is 16.2 Å². The van der Waals surface area contributed by atoms with E-state index in [1.54, 1.807) is 37.3 Å². The van der Waals surface area contributed by atoms with Gasteiger partial charge in [-0.15, -0.1) is 11.3 Å². The molecular weight excluding hydrogens is 497 g/mol. The Balaban J connectivity index is 1.69. The van der Waals surface area contributed by atoms with Crippen molar-refractivity contribution >= 4 is 67.5 Å². The lowest BCUT2D eigenvalue weighted by molar-refractivity contribution is 0.478. The van der Waals surface area contributed by atoms with Crippen molar-refractivity contribution in [2.24, 2.45) is 4.99 Å². The van der Waals surface area contributed by atoms with Crippen molar-refractivity contribution in [2.45, 2.75) is 18.2 Å². The van der Waals surface area contributed by atoms with Gasteiger partial charge in [-0.3, -0.25) is 9.55 Å². The van der Waals surface area contributed by atoms with Gasteiger partial charge < -0.3 is 5.11 Å². The second-order valence-electron chi connectivity index (χ2n) is 6.69. The summed E-state index contributed by atoms with van der Waals surface area (Å²) in [6, 6.07) is 11.0. The van der Waals surface area contributed by atoms with Gasteiger partial charge >= 0.3 is 0 Å². The van der Waals surface area contributed by atoms with Crippen LogP contribution in [-0.2, 0) is 16.5 Å². The molecule has 0 aliphatic rings. The van der Waals surface area contributed by atoms with E-state index in [4.69, 9.17) is 40.0 Å². The van der Waals surface area contributed by atoms with Crippen LogP contribution in [0.1, 0.15) is 18.1 Å². The van der Waals surface area contributed by atoms with Crippen molar-refractivity contribution in [1.82, 2.24) is 0 Å². The van der Waals surface area contributed by atoms with Gasteiger partial charge in [0.05, 0.1) is 26.4 Å². The van der Waals surface area contributed by atoms with E-state index in [-0.39, 0.29) is 17.2 Å². The molecule has 31 heavy (non-hydrogen) atoms. The van der Waals surface area contributed by atoms with Gasteiger partial charge in [-0.1, -0.05) is 53.6 Å². The highest BCUT2D eigenvalue weighted by molar-refractivity contribution is 7.85. The first kappa shape index (κ1) is 23.8. The van der Waals surface area contributed by atoms with Crippen molar-refractivity contribution in [3.63, 3.8) is 0 Å². The number of halogens is 2. The molecule has 0 unspecified atom stereocenters. The molecule has 3 aromatic rings. The molecule has 0 amide bonds. The number of hydrogen-bond acceptors (Lipinski definition) is 6. The normalized spacial score (nSPS) is 12.2. The van der Waals surface area contributed by atoms with E-state index < -0.39 is 10.1 Å². The lowest BCUT2D eigenvalue weighted by atomic mass is 10.1. The van der Waals surface area contributed by atoms with Crippen LogP contribution in [0.15, 0.2) is 57.7 Å². The molecule has 1 aromatic heterocycles. The number of aromatic hydroxyl groups is 1. The highest BCUT2D eigenvalue weighted by atomic mass is 35.5. The monoisotopic (exact) mass is 513 g/mol. The number of hydrogen-bond donors (Lipinski definition) is 2. The van der Waals surface area contributed by atoms with Crippen LogP contribution in [0.25, 0.3) is 10.4 Å². The minimum absolute atomic E-state index is 0.122. The Hall–Kier alpha value is -1.81. The Labute approximate surface area is 199 Å². The number of thiophene rings is 1. The SMILES string of the molecule is CC(=NCC(=S)Cc1ccc(S(=O)(=O)O)cc1)c1csc(-c2ccc(Cl)c(Cl)c2)c1O. The highest BCUT2D eigenvalue weighted by Crippen LogP contribution is 2.40. The molecule has 0 saturated carbocycles. The van der Waals surface area contributed by atoms with Gasteiger partial charge in [0.2, 0.25) is 0 Å². The number of benzene rings is 2. The molecular formula is C21H17Cl2NO4S3. The average Bonchev–Trinajstić information content (AvgIpc) is 3.09. The van der Waals surface area contributed by atoms with E-state index in [2.05, 4.69) is 4.99 Å². The third-order valence-electron chi connectivity index (χ3n) is 4.45. The van der Waals surface area contributed by atoms with Crippen molar-refractivity contribution in [1.29, 1.82) is 0 Å². The van der Waals surface area contributed by atoms with Crippen LogP contribution >= 0.6 is 46.8 Å². The van der Waals surface area contributed by atoms with Crippen LogP contribution < -0.4 is 0 Å². The van der Waals surface area contributed by atoms with Gasteiger partial charge in [0, 0.05) is 27.9 Å². The molecule has 2 N–H and O–H groups in total. The first-order valence-electron chi connectivity index (χ1n) is 8.91. The molecule has 5 nitrogen and oxygen atoms in total. The van der Waals surface area contributed by atoms with E-state index in [9.17, 15) is 13.5 Å². The second kappa shape index (κ2) is 9.77. The Morgan fingerprint density at radius 2 is 1.81 bits per heavy atom. The summed E-state index contributed by atoms with van der Waals surface area (Å²) in [6.07, 6.45) is 0.433. The number of thiocarbonyl (C=S) groups is 1. The summed E-state index contributed by atoms with van der Waals surface area (Å²) in [7, 11) is -4.22. The molecule has 1 heterocycles. The zero-order valence-corrected chi connectivity index (χ0v) is 20.1. The molecule has 2 aromatic carbocycles. The smallest absolute Gasteiger partial charge is 0.294 e. The van der Waals surface area contributed by atoms with Gasteiger partial charge in [0.25, 0.3) is 10.1 Å². The van der Waals surface area contributed by atoms with Crippen LogP contribution in [-0.4, -0.2) is 35.2 Å². The summed E-state index contributed by atoms with van der Waals surface area (Å²) >= 11 is 18.8. The third-order valence-corrected chi connectivity index (χ3v) is 7.35. The number of aliphatic imine (C=N–C) groups is 1. The third kappa shape index (κ3) is 5.91. The van der Waals surface area contributed by atoms with Gasteiger partial charge in [-0.05, 0) is 42.3 Å². The first-order valence-corrected chi connectivity index (χ1v) is 12.4. The molecule has 162 valence electrons. The maximum Gasteiger partial charge on any atom is 0.294 e. The molecule has 0 bridgehead atoms. The summed E-state index contributed by atoms with van der Waals surface area (Å²) in [5.74, 6) is 0.122. The van der Waals surface area contributed by atoms with E-state index >= 15 is 0 Å². The van der Waals surface area contributed by atoms with Gasteiger partial charge in [0.15, 0.2) is 0 Å². The summed E-state index contributed by atoms with van der Waals surface area (Å²) in [4.78, 5) is 5.64. The fraction of sp³-hybridized carbons (Fsp3) is 0.143. The van der Waals surface area contributed by atoms with Crippen LogP contribution in [0.5, 0.6) is 5.75 Å². The predicted octanol–water partition coefficient (Wildman–Crippen LogP) is 6.10. The summed E-state index contributed by atoms with van der Waals surface area (Å²) < 4.78 is 31.3. The Kier molecular flexibility index (Phi) is 7.51. The summed E-state index contributed by atoms with van der Waals surface area (Å²) in [5.41, 5.74) is 2.83. The summed E-state index contributed by atoms with van der Waals surface area (Å²) in [6.45, 7) is 2.07. The molecule has 0 fully saturated rings. The summed E-state index contributed by atoms with van der Waals surface area (Å²) in [5, 5.41) is 13.3. The molecule has 0 aliphatic heterocycles. The maximum atomic E-state index is 11.1. The molecule has 0 atom stereocenters. The largest absolute Gasteiger partial charge is 0.506 e.